The van der Waals surface area contributed by atoms with E-state index in [0.29, 0.717) is 0 Å². The topological polar surface area (TPSA) is 29.5 Å². The highest BCUT2D eigenvalue weighted by Gasteiger charge is 2.37. The fraction of sp³-hybridized carbons (Fsp3) is 0.0667. The number of benzene rings is 7. The number of anilines is 3. The number of para-hydroxylation sites is 2. The highest BCUT2D eigenvalue weighted by Crippen LogP contribution is 2.54. The third-order valence-corrected chi connectivity index (χ3v) is 10.3. The van der Waals surface area contributed by atoms with Gasteiger partial charge in [-0.3, -0.25) is 0 Å². The minimum Gasteiger partial charge on any atom is -0.456 e. The molecule has 9 aromatic rings. The van der Waals surface area contributed by atoms with Crippen molar-refractivity contribution in [3.05, 3.63) is 163 Å². The van der Waals surface area contributed by atoms with E-state index in [1.54, 1.807) is 0 Å². The van der Waals surface area contributed by atoms with Gasteiger partial charge in [0.05, 0.1) is 11.1 Å². The van der Waals surface area contributed by atoms with Crippen LogP contribution in [0, 0.1) is 0 Å². The summed E-state index contributed by atoms with van der Waals surface area (Å²) in [6.07, 6.45) is 0. The lowest BCUT2D eigenvalue weighted by Crippen LogP contribution is -2.15. The lowest BCUT2D eigenvalue weighted by molar-refractivity contribution is 0.660. The Labute approximate surface area is 278 Å². The smallest absolute Gasteiger partial charge is 0.137 e. The summed E-state index contributed by atoms with van der Waals surface area (Å²) < 4.78 is 12.8. The molecule has 0 spiro atoms. The first-order valence-corrected chi connectivity index (χ1v) is 16.5. The van der Waals surface area contributed by atoms with Crippen LogP contribution in [0.3, 0.4) is 0 Å². The predicted molar refractivity (Wildman–Crippen MR) is 199 cm³/mol. The molecule has 3 nitrogen and oxygen atoms in total. The van der Waals surface area contributed by atoms with Crippen molar-refractivity contribution in [1.82, 2.24) is 0 Å². The molecule has 2 heterocycles. The van der Waals surface area contributed by atoms with Crippen molar-refractivity contribution in [2.75, 3.05) is 4.90 Å². The highest BCUT2D eigenvalue weighted by atomic mass is 16.3. The maximum atomic E-state index is 6.43. The molecule has 48 heavy (non-hydrogen) atoms. The summed E-state index contributed by atoms with van der Waals surface area (Å²) in [5.41, 5.74) is 14.3. The molecule has 0 aliphatic heterocycles. The van der Waals surface area contributed by atoms with Crippen LogP contribution in [0.25, 0.3) is 66.1 Å². The van der Waals surface area contributed by atoms with Crippen molar-refractivity contribution < 1.29 is 8.83 Å². The largest absolute Gasteiger partial charge is 0.456 e. The first-order chi connectivity index (χ1) is 23.6. The fourth-order valence-corrected chi connectivity index (χ4v) is 8.01. The summed E-state index contributed by atoms with van der Waals surface area (Å²) in [5.74, 6) is 0. The zero-order valence-corrected chi connectivity index (χ0v) is 26.7. The van der Waals surface area contributed by atoms with Crippen LogP contribution >= 0.6 is 0 Å². The number of furan rings is 2. The van der Waals surface area contributed by atoms with Crippen LogP contribution in [0.5, 0.6) is 0 Å². The zero-order chi connectivity index (χ0) is 32.0. The van der Waals surface area contributed by atoms with E-state index in [2.05, 4.69) is 146 Å². The summed E-state index contributed by atoms with van der Waals surface area (Å²) >= 11 is 0. The third-order valence-electron chi connectivity index (χ3n) is 10.3. The van der Waals surface area contributed by atoms with Gasteiger partial charge in [-0.05, 0) is 81.9 Å². The molecule has 7 aromatic carbocycles. The number of hydrogen-bond acceptors (Lipinski definition) is 3. The number of nitrogens with zero attached hydrogens (tertiary/aromatic N) is 1. The molecule has 0 saturated carbocycles. The van der Waals surface area contributed by atoms with Crippen molar-refractivity contribution in [2.45, 2.75) is 19.3 Å². The van der Waals surface area contributed by atoms with Crippen molar-refractivity contribution in [3.8, 4) is 22.3 Å². The van der Waals surface area contributed by atoms with Gasteiger partial charge in [0.2, 0.25) is 0 Å². The third kappa shape index (κ3) is 3.82. The summed E-state index contributed by atoms with van der Waals surface area (Å²) in [7, 11) is 0. The van der Waals surface area contributed by atoms with E-state index >= 15 is 0 Å². The second-order valence-corrected chi connectivity index (χ2v) is 13.3. The van der Waals surface area contributed by atoms with Gasteiger partial charge < -0.3 is 13.7 Å². The Morgan fingerprint density at radius 1 is 0.458 bits per heavy atom. The first kappa shape index (κ1) is 27.1. The van der Waals surface area contributed by atoms with Gasteiger partial charge in [-0.1, -0.05) is 111 Å². The number of rotatable bonds is 4. The van der Waals surface area contributed by atoms with Crippen LogP contribution in [-0.2, 0) is 5.41 Å². The first-order valence-electron chi connectivity index (χ1n) is 16.5. The van der Waals surface area contributed by atoms with Gasteiger partial charge in [0, 0.05) is 39.0 Å². The Balaban J connectivity index is 1.26. The maximum Gasteiger partial charge on any atom is 0.137 e. The lowest BCUT2D eigenvalue weighted by Gasteiger charge is -2.27. The van der Waals surface area contributed by atoms with E-state index in [-0.39, 0.29) is 5.41 Å². The van der Waals surface area contributed by atoms with Gasteiger partial charge in [-0.15, -0.1) is 0 Å². The molecule has 0 N–H and O–H groups in total. The molecule has 0 saturated heterocycles. The standard InChI is InChI=1S/C45H31NO2/c1-45(2)36-25-23-29(26-35(36)43-31(16-10-17-37(43)45)28-12-4-3-5-13-28)46(30-22-24-33-32-14-6-8-19-39(32)48-42(33)27-30)38-18-11-21-41-44(38)34-15-7-9-20-40(34)47-41/h3-27H,1-2H3. The summed E-state index contributed by atoms with van der Waals surface area (Å²) in [4.78, 5) is 2.37. The van der Waals surface area contributed by atoms with Crippen molar-refractivity contribution in [1.29, 1.82) is 0 Å². The quantitative estimate of drug-likeness (QED) is 0.197. The Morgan fingerprint density at radius 3 is 1.96 bits per heavy atom. The van der Waals surface area contributed by atoms with Crippen molar-refractivity contribution >= 4 is 60.9 Å². The predicted octanol–water partition coefficient (Wildman–Crippen LogP) is 12.9. The molecule has 0 atom stereocenters. The minimum absolute atomic E-state index is 0.132. The number of hydrogen-bond donors (Lipinski definition) is 0. The molecule has 0 bridgehead atoms. The normalized spacial score (nSPS) is 13.4. The van der Waals surface area contributed by atoms with Gasteiger partial charge in [0.25, 0.3) is 0 Å². The van der Waals surface area contributed by atoms with Gasteiger partial charge >= 0.3 is 0 Å². The molecule has 1 aliphatic rings. The van der Waals surface area contributed by atoms with Crippen molar-refractivity contribution in [3.63, 3.8) is 0 Å². The summed E-state index contributed by atoms with van der Waals surface area (Å²) in [6, 6.07) is 54.0. The Kier molecular flexibility index (Phi) is 5.63. The Morgan fingerprint density at radius 2 is 1.10 bits per heavy atom. The van der Waals surface area contributed by atoms with E-state index in [1.807, 2.05) is 24.3 Å². The monoisotopic (exact) mass is 617 g/mol. The van der Waals surface area contributed by atoms with E-state index in [9.17, 15) is 0 Å². The van der Waals surface area contributed by atoms with Gasteiger partial charge in [-0.2, -0.15) is 0 Å². The van der Waals surface area contributed by atoms with E-state index in [0.717, 1.165) is 60.9 Å². The lowest BCUT2D eigenvalue weighted by atomic mass is 9.82. The zero-order valence-electron chi connectivity index (χ0n) is 26.7. The highest BCUT2D eigenvalue weighted by molar-refractivity contribution is 6.14. The molecule has 0 unspecified atom stereocenters. The second-order valence-electron chi connectivity index (χ2n) is 13.3. The molecule has 0 amide bonds. The fourth-order valence-electron chi connectivity index (χ4n) is 8.01. The van der Waals surface area contributed by atoms with Crippen LogP contribution < -0.4 is 4.90 Å². The average molecular weight is 618 g/mol. The van der Waals surface area contributed by atoms with Gasteiger partial charge in [0.1, 0.15) is 22.3 Å². The van der Waals surface area contributed by atoms with Crippen molar-refractivity contribution in [2.24, 2.45) is 0 Å². The van der Waals surface area contributed by atoms with Crippen LogP contribution in [0.15, 0.2) is 160 Å². The molecule has 0 fully saturated rings. The molecular formula is C45H31NO2. The molecule has 1 aliphatic carbocycles. The van der Waals surface area contributed by atoms with E-state index in [4.69, 9.17) is 8.83 Å². The van der Waals surface area contributed by atoms with Crippen LogP contribution in [0.4, 0.5) is 17.1 Å². The minimum atomic E-state index is -0.132. The Bertz CT molecular complexity index is 2710. The average Bonchev–Trinajstić information content (AvgIpc) is 3.76. The van der Waals surface area contributed by atoms with Crippen LogP contribution in [-0.4, -0.2) is 0 Å². The summed E-state index contributed by atoms with van der Waals surface area (Å²) in [6.45, 7) is 4.69. The molecule has 228 valence electrons. The molecule has 2 aromatic heterocycles. The van der Waals surface area contributed by atoms with Crippen LogP contribution in [0.2, 0.25) is 0 Å². The van der Waals surface area contributed by atoms with Gasteiger partial charge in [-0.25, -0.2) is 0 Å². The molecule has 0 radical (unpaired) electrons. The molecule has 10 rings (SSSR count). The molecular weight excluding hydrogens is 587 g/mol. The van der Waals surface area contributed by atoms with Gasteiger partial charge in [0.15, 0.2) is 0 Å². The second kappa shape index (κ2) is 9.97. The van der Waals surface area contributed by atoms with Crippen LogP contribution in [0.1, 0.15) is 25.0 Å². The molecule has 3 heteroatoms. The summed E-state index contributed by atoms with van der Waals surface area (Å²) in [5, 5.41) is 4.41. The van der Waals surface area contributed by atoms with E-state index < -0.39 is 0 Å². The number of fused-ring (bicyclic) bond motifs is 9. The van der Waals surface area contributed by atoms with E-state index in [1.165, 1.54) is 33.4 Å². The SMILES string of the molecule is CC1(C)c2ccc(N(c3ccc4c(c3)oc3ccccc34)c3cccc4oc5ccccc5c34)cc2-c2c(-c3ccccc3)cccc21. The Hall–Kier alpha value is -6.06. The maximum absolute atomic E-state index is 6.43.